The number of carbonyl (C=O) groups is 2. The molecule has 5 heteroatoms. The Balaban J connectivity index is 2.22. The molecule has 0 unspecified atom stereocenters. The average Bonchev–Trinajstić information content (AvgIpc) is 2.45. The Hall–Kier alpha value is -2.82. The minimum absolute atomic E-state index is 0.127. The smallest absolute Gasteiger partial charge is 0.352 e. The summed E-state index contributed by atoms with van der Waals surface area (Å²) in [7, 11) is 0. The topological polar surface area (TPSA) is 72.8 Å². The molecule has 0 bridgehead atoms. The molecule has 5 nitrogen and oxygen atoms in total. The SMILES string of the molecule is CC(=O)OOc1ccc(C(=O)c2ccccc2)c(O)c1. The van der Waals surface area contributed by atoms with E-state index >= 15 is 0 Å². The Morgan fingerprint density at radius 3 is 2.35 bits per heavy atom. The van der Waals surface area contributed by atoms with Gasteiger partial charge in [-0.25, -0.2) is 4.79 Å². The summed E-state index contributed by atoms with van der Waals surface area (Å²) in [5.74, 6) is -1.04. The second kappa shape index (κ2) is 5.88. The van der Waals surface area contributed by atoms with Gasteiger partial charge in [0.25, 0.3) is 0 Å². The third-order valence-electron chi connectivity index (χ3n) is 2.51. The number of ketones is 1. The summed E-state index contributed by atoms with van der Waals surface area (Å²) in [6.45, 7) is 1.19. The highest BCUT2D eigenvalue weighted by Gasteiger charge is 2.14. The summed E-state index contributed by atoms with van der Waals surface area (Å²) in [5, 5.41) is 9.85. The Kier molecular flexibility index (Phi) is 4.00. The highest BCUT2D eigenvalue weighted by molar-refractivity contribution is 6.10. The van der Waals surface area contributed by atoms with Crippen LogP contribution in [0.15, 0.2) is 48.5 Å². The zero-order chi connectivity index (χ0) is 14.5. The standard InChI is InChI=1S/C15H12O5/c1-10(16)19-20-12-7-8-13(14(17)9-12)15(18)11-5-3-2-4-6-11/h2-9,17H,1H3. The minimum Gasteiger partial charge on any atom is -0.507 e. The lowest BCUT2D eigenvalue weighted by atomic mass is 10.0. The van der Waals surface area contributed by atoms with Crippen LogP contribution < -0.4 is 4.89 Å². The highest BCUT2D eigenvalue weighted by atomic mass is 17.2. The van der Waals surface area contributed by atoms with Gasteiger partial charge in [0.1, 0.15) is 5.75 Å². The van der Waals surface area contributed by atoms with Gasteiger partial charge in [0.15, 0.2) is 11.5 Å². The molecule has 102 valence electrons. The molecule has 0 radical (unpaired) electrons. The van der Waals surface area contributed by atoms with Crippen molar-refractivity contribution in [3.8, 4) is 11.5 Å². The third kappa shape index (κ3) is 3.14. The van der Waals surface area contributed by atoms with Gasteiger partial charge >= 0.3 is 5.97 Å². The maximum Gasteiger partial charge on any atom is 0.352 e. The van der Waals surface area contributed by atoms with Gasteiger partial charge in [-0.3, -0.25) is 14.6 Å². The first-order valence-electron chi connectivity index (χ1n) is 5.86. The molecule has 0 aliphatic heterocycles. The fraction of sp³-hybridized carbons (Fsp3) is 0.0667. The van der Waals surface area contributed by atoms with Crippen molar-refractivity contribution in [1.29, 1.82) is 0 Å². The number of aromatic hydroxyl groups is 1. The second-order valence-electron chi connectivity index (χ2n) is 4.03. The largest absolute Gasteiger partial charge is 0.507 e. The molecule has 20 heavy (non-hydrogen) atoms. The van der Waals surface area contributed by atoms with Crippen molar-refractivity contribution in [2.45, 2.75) is 6.92 Å². The molecule has 2 rings (SSSR count). The van der Waals surface area contributed by atoms with Gasteiger partial charge in [0.2, 0.25) is 0 Å². The zero-order valence-corrected chi connectivity index (χ0v) is 10.7. The molecule has 0 aromatic heterocycles. The molecule has 0 heterocycles. The summed E-state index contributed by atoms with van der Waals surface area (Å²) in [4.78, 5) is 31.8. The summed E-state index contributed by atoms with van der Waals surface area (Å²) < 4.78 is 0. The lowest BCUT2D eigenvalue weighted by molar-refractivity contribution is -0.210. The Morgan fingerprint density at radius 1 is 1.05 bits per heavy atom. The molecular weight excluding hydrogens is 260 g/mol. The molecule has 0 fully saturated rings. The first-order chi connectivity index (χ1) is 9.58. The lowest BCUT2D eigenvalue weighted by Crippen LogP contribution is -2.04. The van der Waals surface area contributed by atoms with Crippen LogP contribution in [0.25, 0.3) is 0 Å². The van der Waals surface area contributed by atoms with Crippen LogP contribution >= 0.6 is 0 Å². The fourth-order valence-corrected chi connectivity index (χ4v) is 1.61. The minimum atomic E-state index is -0.617. The van der Waals surface area contributed by atoms with Crippen molar-refractivity contribution in [1.82, 2.24) is 0 Å². The van der Waals surface area contributed by atoms with Crippen molar-refractivity contribution >= 4 is 11.8 Å². The van der Waals surface area contributed by atoms with Crippen molar-refractivity contribution in [3.05, 3.63) is 59.7 Å². The van der Waals surface area contributed by atoms with Crippen LogP contribution in [0.2, 0.25) is 0 Å². The molecule has 1 N–H and O–H groups in total. The Labute approximate surface area is 115 Å². The van der Waals surface area contributed by atoms with Crippen molar-refractivity contribution in [3.63, 3.8) is 0 Å². The van der Waals surface area contributed by atoms with Crippen molar-refractivity contribution < 1.29 is 24.5 Å². The van der Waals surface area contributed by atoms with E-state index in [4.69, 9.17) is 0 Å². The number of carbonyl (C=O) groups excluding carboxylic acids is 2. The van der Waals surface area contributed by atoms with Gasteiger partial charge in [-0.05, 0) is 12.1 Å². The van der Waals surface area contributed by atoms with E-state index in [2.05, 4.69) is 9.78 Å². The maximum atomic E-state index is 12.2. The Bertz CT molecular complexity index is 634. The van der Waals surface area contributed by atoms with Crippen LogP contribution in [0.3, 0.4) is 0 Å². The third-order valence-corrected chi connectivity index (χ3v) is 2.51. The first kappa shape index (κ1) is 13.6. The van der Waals surface area contributed by atoms with Crippen LogP contribution in [-0.2, 0) is 9.68 Å². The predicted molar refractivity (Wildman–Crippen MR) is 70.4 cm³/mol. The van der Waals surface area contributed by atoms with Crippen LogP contribution in [0.4, 0.5) is 0 Å². The van der Waals surface area contributed by atoms with E-state index in [1.165, 1.54) is 25.1 Å². The van der Waals surface area contributed by atoms with E-state index < -0.39 is 5.97 Å². The summed E-state index contributed by atoms with van der Waals surface area (Å²) in [6.07, 6.45) is 0. The Morgan fingerprint density at radius 2 is 1.75 bits per heavy atom. The van der Waals surface area contributed by atoms with Crippen LogP contribution in [0.1, 0.15) is 22.8 Å². The molecule has 0 aliphatic carbocycles. The molecule has 0 saturated heterocycles. The normalized spacial score (nSPS) is 9.85. The van der Waals surface area contributed by atoms with Crippen LogP contribution in [0, 0.1) is 0 Å². The van der Waals surface area contributed by atoms with E-state index in [-0.39, 0.29) is 22.8 Å². The van der Waals surface area contributed by atoms with E-state index in [1.54, 1.807) is 30.3 Å². The number of benzene rings is 2. The molecule has 0 saturated carbocycles. The second-order valence-corrected chi connectivity index (χ2v) is 4.03. The highest BCUT2D eigenvalue weighted by Crippen LogP contribution is 2.26. The number of hydrogen-bond donors (Lipinski definition) is 1. The molecule has 0 amide bonds. The number of phenolic OH excluding ortho intramolecular Hbond substituents is 1. The van der Waals surface area contributed by atoms with E-state index in [0.717, 1.165) is 0 Å². The predicted octanol–water partition coefficient (Wildman–Crippen LogP) is 2.48. The molecule has 0 atom stereocenters. The van der Waals surface area contributed by atoms with Gasteiger partial charge in [-0.2, -0.15) is 0 Å². The molecule has 2 aromatic rings. The van der Waals surface area contributed by atoms with Gasteiger partial charge in [-0.1, -0.05) is 30.3 Å². The van der Waals surface area contributed by atoms with Crippen LogP contribution in [-0.4, -0.2) is 16.9 Å². The summed E-state index contributed by atoms with van der Waals surface area (Å²) in [5.41, 5.74) is 0.614. The van der Waals surface area contributed by atoms with Gasteiger partial charge < -0.3 is 5.11 Å². The quantitative estimate of drug-likeness (QED) is 0.526. The number of phenols is 1. The average molecular weight is 272 g/mol. The van der Waals surface area contributed by atoms with Gasteiger partial charge in [0, 0.05) is 18.6 Å². The number of hydrogen-bond acceptors (Lipinski definition) is 5. The van der Waals surface area contributed by atoms with E-state index in [0.29, 0.717) is 5.56 Å². The first-order valence-corrected chi connectivity index (χ1v) is 5.86. The monoisotopic (exact) mass is 272 g/mol. The fourth-order valence-electron chi connectivity index (χ4n) is 1.61. The summed E-state index contributed by atoms with van der Waals surface area (Å²) in [6, 6.07) is 12.6. The number of rotatable bonds is 4. The molecule has 2 aromatic carbocycles. The van der Waals surface area contributed by atoms with Gasteiger partial charge in [0.05, 0.1) is 5.56 Å². The maximum absolute atomic E-state index is 12.2. The van der Waals surface area contributed by atoms with Gasteiger partial charge in [-0.15, -0.1) is 0 Å². The zero-order valence-electron chi connectivity index (χ0n) is 10.7. The van der Waals surface area contributed by atoms with E-state index in [1.807, 2.05) is 0 Å². The van der Waals surface area contributed by atoms with Crippen LogP contribution in [0.5, 0.6) is 11.5 Å². The summed E-state index contributed by atoms with van der Waals surface area (Å²) >= 11 is 0. The van der Waals surface area contributed by atoms with Crippen molar-refractivity contribution in [2.75, 3.05) is 0 Å². The van der Waals surface area contributed by atoms with E-state index in [9.17, 15) is 14.7 Å². The molecule has 0 spiro atoms. The lowest BCUT2D eigenvalue weighted by Gasteiger charge is -2.06. The molecular formula is C15H12O5. The molecule has 0 aliphatic rings. The van der Waals surface area contributed by atoms with Crippen molar-refractivity contribution in [2.24, 2.45) is 0 Å².